The van der Waals surface area contributed by atoms with Crippen LogP contribution in [0.2, 0.25) is 0 Å². The summed E-state index contributed by atoms with van der Waals surface area (Å²) in [5, 5.41) is 19.0. The summed E-state index contributed by atoms with van der Waals surface area (Å²) in [6, 6.07) is 5.57. The zero-order chi connectivity index (χ0) is 19.5. The lowest BCUT2D eigenvalue weighted by atomic mass is 9.96. The minimum absolute atomic E-state index is 0.0475. The predicted octanol–water partition coefficient (Wildman–Crippen LogP) is 2.74. The smallest absolute Gasteiger partial charge is 0.273 e. The highest BCUT2D eigenvalue weighted by atomic mass is 19.1. The molecule has 28 heavy (non-hydrogen) atoms. The van der Waals surface area contributed by atoms with E-state index >= 15 is 0 Å². The molecule has 4 N–H and O–H groups in total. The number of primary amides is 1. The Bertz CT molecular complexity index is 998. The average molecular weight is 384 g/mol. The number of carbonyl (C=O) groups is 1. The molecule has 0 unspecified atom stereocenters. The number of halogens is 1. The fraction of sp³-hybridized carbons (Fsp3) is 0.389. The van der Waals surface area contributed by atoms with Gasteiger partial charge in [0.1, 0.15) is 0 Å². The van der Waals surface area contributed by atoms with Crippen molar-refractivity contribution in [2.45, 2.75) is 44.9 Å². The van der Waals surface area contributed by atoms with Gasteiger partial charge >= 0.3 is 0 Å². The molecule has 9 nitrogen and oxygen atoms in total. The second-order valence-electron chi connectivity index (χ2n) is 6.84. The van der Waals surface area contributed by atoms with Crippen molar-refractivity contribution in [1.82, 2.24) is 25.0 Å². The molecule has 0 aliphatic heterocycles. The Labute approximate surface area is 160 Å². The molecule has 2 aromatic heterocycles. The van der Waals surface area contributed by atoms with Gasteiger partial charge in [0.25, 0.3) is 5.91 Å². The fourth-order valence-electron chi connectivity index (χ4n) is 3.47. The van der Waals surface area contributed by atoms with Crippen LogP contribution in [0.4, 0.5) is 21.8 Å². The quantitative estimate of drug-likeness (QED) is 0.597. The van der Waals surface area contributed by atoms with Gasteiger partial charge in [-0.25, -0.2) is 9.07 Å². The van der Waals surface area contributed by atoms with E-state index in [1.807, 2.05) is 0 Å². The maximum absolute atomic E-state index is 12.9. The molecule has 10 heteroatoms. The van der Waals surface area contributed by atoms with E-state index in [9.17, 15) is 9.18 Å². The molecule has 3 aromatic rings. The van der Waals surface area contributed by atoms with E-state index in [1.54, 1.807) is 24.4 Å². The van der Waals surface area contributed by atoms with E-state index in [4.69, 9.17) is 5.73 Å². The molecule has 1 fully saturated rings. The third-order valence-electron chi connectivity index (χ3n) is 4.88. The number of fused-ring (bicyclic) bond motifs is 1. The Morgan fingerprint density at radius 3 is 2.82 bits per heavy atom. The zero-order valence-electron chi connectivity index (χ0n) is 15.2. The molecule has 0 saturated heterocycles. The average Bonchev–Trinajstić information content (AvgIpc) is 3.11. The summed E-state index contributed by atoms with van der Waals surface area (Å²) in [5.41, 5.74) is 6.69. The SMILES string of the molecule is NC(=O)c1nnc(NC2CCCCC2)nc1Nc1ccc2c(cnn2CF)c1. The van der Waals surface area contributed by atoms with Crippen LogP contribution in [0.3, 0.4) is 0 Å². The minimum atomic E-state index is -0.724. The molecule has 1 saturated carbocycles. The second kappa shape index (κ2) is 7.75. The standard InChI is InChI=1S/C18H21FN8O/c19-10-27-14-7-6-13(8-11(14)9-21-27)22-17-15(16(20)28)25-26-18(24-17)23-12-4-2-1-3-5-12/h6-9,12H,1-5,10H2,(H2,20,28)(H2,22,23,24,26). The highest BCUT2D eigenvalue weighted by Gasteiger charge is 2.18. The topological polar surface area (TPSA) is 124 Å². The molecule has 1 aliphatic carbocycles. The number of anilines is 3. The van der Waals surface area contributed by atoms with Crippen molar-refractivity contribution < 1.29 is 9.18 Å². The number of nitrogens with two attached hydrogens (primary N) is 1. The van der Waals surface area contributed by atoms with E-state index in [2.05, 4.69) is 30.9 Å². The molecule has 0 atom stereocenters. The minimum Gasteiger partial charge on any atom is -0.364 e. The summed E-state index contributed by atoms with van der Waals surface area (Å²) >= 11 is 0. The van der Waals surface area contributed by atoms with Crippen LogP contribution in [-0.4, -0.2) is 36.9 Å². The maximum Gasteiger partial charge on any atom is 0.273 e. The van der Waals surface area contributed by atoms with E-state index in [0.29, 0.717) is 23.2 Å². The van der Waals surface area contributed by atoms with Crippen molar-refractivity contribution in [3.05, 3.63) is 30.1 Å². The Morgan fingerprint density at radius 2 is 2.07 bits per heavy atom. The largest absolute Gasteiger partial charge is 0.364 e. The number of benzene rings is 1. The van der Waals surface area contributed by atoms with E-state index in [-0.39, 0.29) is 11.5 Å². The van der Waals surface area contributed by atoms with Crippen molar-refractivity contribution in [3.63, 3.8) is 0 Å². The molecule has 4 rings (SSSR count). The first-order valence-corrected chi connectivity index (χ1v) is 9.23. The number of nitrogens with zero attached hydrogens (tertiary/aromatic N) is 5. The first-order chi connectivity index (χ1) is 13.6. The van der Waals surface area contributed by atoms with Crippen LogP contribution in [0.15, 0.2) is 24.4 Å². The molecule has 0 spiro atoms. The third-order valence-corrected chi connectivity index (χ3v) is 4.88. The van der Waals surface area contributed by atoms with Crippen LogP contribution < -0.4 is 16.4 Å². The molecule has 0 radical (unpaired) electrons. The Balaban J connectivity index is 1.61. The van der Waals surface area contributed by atoms with Gasteiger partial charge in [-0.3, -0.25) is 4.79 Å². The lowest BCUT2D eigenvalue weighted by molar-refractivity contribution is 0.0995. The summed E-state index contributed by atoms with van der Waals surface area (Å²) < 4.78 is 14.2. The zero-order valence-corrected chi connectivity index (χ0v) is 15.2. The third kappa shape index (κ3) is 3.71. The number of nitrogens with one attached hydrogen (secondary N) is 2. The van der Waals surface area contributed by atoms with Crippen LogP contribution in [-0.2, 0) is 6.80 Å². The number of hydrogen-bond acceptors (Lipinski definition) is 7. The molecule has 0 bridgehead atoms. The summed E-state index contributed by atoms with van der Waals surface area (Å²) in [6.45, 7) is -0.700. The number of alkyl halides is 1. The first-order valence-electron chi connectivity index (χ1n) is 9.23. The summed E-state index contributed by atoms with van der Waals surface area (Å²) in [7, 11) is 0. The Morgan fingerprint density at radius 1 is 1.25 bits per heavy atom. The van der Waals surface area contributed by atoms with Crippen molar-refractivity contribution >= 4 is 34.3 Å². The monoisotopic (exact) mass is 384 g/mol. The molecule has 146 valence electrons. The van der Waals surface area contributed by atoms with E-state index < -0.39 is 12.7 Å². The van der Waals surface area contributed by atoms with E-state index in [1.165, 1.54) is 23.9 Å². The van der Waals surface area contributed by atoms with Crippen molar-refractivity contribution in [2.75, 3.05) is 10.6 Å². The molecule has 1 amide bonds. The van der Waals surface area contributed by atoms with Crippen LogP contribution in [0.1, 0.15) is 42.6 Å². The fourth-order valence-corrected chi connectivity index (χ4v) is 3.47. The molecule has 1 aliphatic rings. The number of carbonyl (C=O) groups excluding carboxylic acids is 1. The highest BCUT2D eigenvalue weighted by molar-refractivity contribution is 5.96. The Kier molecular flexibility index (Phi) is 5.00. The van der Waals surface area contributed by atoms with Gasteiger partial charge in [0.05, 0.1) is 11.7 Å². The van der Waals surface area contributed by atoms with Crippen LogP contribution in [0.5, 0.6) is 0 Å². The van der Waals surface area contributed by atoms with Crippen molar-refractivity contribution in [1.29, 1.82) is 0 Å². The summed E-state index contributed by atoms with van der Waals surface area (Å²) in [6.07, 6.45) is 7.26. The number of rotatable bonds is 6. The van der Waals surface area contributed by atoms with Crippen LogP contribution in [0, 0.1) is 0 Å². The van der Waals surface area contributed by atoms with Gasteiger partial charge in [0.2, 0.25) is 5.95 Å². The van der Waals surface area contributed by atoms with Crippen LogP contribution in [0.25, 0.3) is 10.9 Å². The van der Waals surface area contributed by atoms with Gasteiger partial charge in [-0.05, 0) is 31.0 Å². The van der Waals surface area contributed by atoms with Crippen LogP contribution >= 0.6 is 0 Å². The molecule has 2 heterocycles. The van der Waals surface area contributed by atoms with Gasteiger partial charge in [-0.15, -0.1) is 10.2 Å². The lowest BCUT2D eigenvalue weighted by Crippen LogP contribution is -2.25. The molecular formula is C18H21FN8O. The maximum atomic E-state index is 12.9. The van der Waals surface area contributed by atoms with Crippen molar-refractivity contribution in [3.8, 4) is 0 Å². The van der Waals surface area contributed by atoms with Gasteiger partial charge in [-0.1, -0.05) is 19.3 Å². The number of aromatic nitrogens is 5. The van der Waals surface area contributed by atoms with Gasteiger partial charge < -0.3 is 16.4 Å². The first kappa shape index (κ1) is 18.1. The lowest BCUT2D eigenvalue weighted by Gasteiger charge is -2.22. The van der Waals surface area contributed by atoms with Crippen molar-refractivity contribution in [2.24, 2.45) is 5.73 Å². The number of hydrogen-bond donors (Lipinski definition) is 3. The molecule has 1 aromatic carbocycles. The van der Waals surface area contributed by atoms with Gasteiger partial charge in [-0.2, -0.15) is 10.1 Å². The summed E-state index contributed by atoms with van der Waals surface area (Å²) in [4.78, 5) is 16.1. The normalized spacial score (nSPS) is 14.9. The second-order valence-corrected chi connectivity index (χ2v) is 6.84. The van der Waals surface area contributed by atoms with E-state index in [0.717, 1.165) is 18.2 Å². The van der Waals surface area contributed by atoms with Gasteiger partial charge in [0, 0.05) is 17.1 Å². The Hall–Kier alpha value is -3.30. The number of amides is 1. The molecular weight excluding hydrogens is 363 g/mol. The predicted molar refractivity (Wildman–Crippen MR) is 103 cm³/mol. The highest BCUT2D eigenvalue weighted by Crippen LogP contribution is 2.24. The summed E-state index contributed by atoms with van der Waals surface area (Å²) in [5.74, 6) is -0.151. The van der Waals surface area contributed by atoms with Gasteiger partial charge in [0.15, 0.2) is 18.3 Å².